The number of likely N-dealkylation sites (tertiary alicyclic amines) is 1. The Hall–Kier alpha value is -3.42. The van der Waals surface area contributed by atoms with Crippen molar-refractivity contribution in [3.63, 3.8) is 0 Å². The van der Waals surface area contributed by atoms with Crippen LogP contribution in [0.4, 0.5) is 0 Å². The number of carbonyl (C=O) groups is 2. The molecule has 0 radical (unpaired) electrons. The predicted molar refractivity (Wildman–Crippen MR) is 107 cm³/mol. The van der Waals surface area contributed by atoms with E-state index < -0.39 is 0 Å². The van der Waals surface area contributed by atoms with Crippen molar-refractivity contribution in [3.05, 3.63) is 53.6 Å². The molecule has 2 amide bonds. The third-order valence-electron chi connectivity index (χ3n) is 5.44. The first-order valence-corrected chi connectivity index (χ1v) is 9.60. The molecule has 1 aliphatic heterocycles. The maximum absolute atomic E-state index is 12.8. The van der Waals surface area contributed by atoms with Gasteiger partial charge in [0.1, 0.15) is 11.3 Å². The van der Waals surface area contributed by atoms with E-state index >= 15 is 0 Å². The molecule has 29 heavy (non-hydrogen) atoms. The molecule has 1 fully saturated rings. The largest absolute Gasteiger partial charge is 0.497 e. The van der Waals surface area contributed by atoms with Gasteiger partial charge in [0.15, 0.2) is 0 Å². The molecule has 150 valence electrons. The van der Waals surface area contributed by atoms with E-state index in [-0.39, 0.29) is 17.7 Å². The molecular formula is C21H23N5O3. The summed E-state index contributed by atoms with van der Waals surface area (Å²) in [5.74, 6) is 0.325. The van der Waals surface area contributed by atoms with Crippen LogP contribution in [0.1, 0.15) is 28.8 Å². The lowest BCUT2D eigenvalue weighted by atomic mass is 9.96. The van der Waals surface area contributed by atoms with Crippen LogP contribution in [0.2, 0.25) is 0 Å². The average molecular weight is 393 g/mol. The summed E-state index contributed by atoms with van der Waals surface area (Å²) < 4.78 is 6.99. The summed E-state index contributed by atoms with van der Waals surface area (Å²) in [5.41, 5.74) is 8.56. The van der Waals surface area contributed by atoms with Crippen LogP contribution in [0, 0.1) is 5.92 Å². The Bertz CT molecular complexity index is 1040. The van der Waals surface area contributed by atoms with Gasteiger partial charge in [-0.2, -0.15) is 0 Å². The number of primary amides is 1. The molecule has 8 nitrogen and oxygen atoms in total. The topological polar surface area (TPSA) is 103 Å². The molecule has 2 aromatic carbocycles. The summed E-state index contributed by atoms with van der Waals surface area (Å²) in [6, 6.07) is 13.2. The second kappa shape index (κ2) is 7.90. The fourth-order valence-electron chi connectivity index (χ4n) is 3.68. The third-order valence-corrected chi connectivity index (χ3v) is 5.44. The standard InChI is InChI=1S/C21H23N5O3/c1-29-17-5-2-14(3-6-17)13-26-19-7-4-16(12-18(19)23-24-26)21(28)25-10-8-15(9-11-25)20(22)27/h2-7,12,15H,8-11,13H2,1H3,(H2,22,27). The van der Waals surface area contributed by atoms with Crippen molar-refractivity contribution in [2.45, 2.75) is 19.4 Å². The molecule has 2 heterocycles. The fraction of sp³-hybridized carbons (Fsp3) is 0.333. The van der Waals surface area contributed by atoms with Crippen LogP contribution in [-0.2, 0) is 11.3 Å². The number of piperidine rings is 1. The molecule has 0 unspecified atom stereocenters. The number of ether oxygens (including phenoxy) is 1. The van der Waals surface area contributed by atoms with Gasteiger partial charge < -0.3 is 15.4 Å². The van der Waals surface area contributed by atoms with Crippen LogP contribution in [0.25, 0.3) is 11.0 Å². The monoisotopic (exact) mass is 393 g/mol. The van der Waals surface area contributed by atoms with Gasteiger partial charge in [-0.1, -0.05) is 17.3 Å². The number of nitrogens with zero attached hydrogens (tertiary/aromatic N) is 4. The Labute approximate surface area is 168 Å². The SMILES string of the molecule is COc1ccc(Cn2nnc3cc(C(=O)N4CCC(C(N)=O)CC4)ccc32)cc1. The number of carbonyl (C=O) groups excluding carboxylic acids is 2. The van der Waals surface area contributed by atoms with E-state index in [1.54, 1.807) is 24.1 Å². The first-order chi connectivity index (χ1) is 14.0. The maximum Gasteiger partial charge on any atom is 0.253 e. The summed E-state index contributed by atoms with van der Waals surface area (Å²) in [6.45, 7) is 1.65. The zero-order valence-corrected chi connectivity index (χ0v) is 16.2. The van der Waals surface area contributed by atoms with Gasteiger partial charge in [0.2, 0.25) is 5.91 Å². The van der Waals surface area contributed by atoms with E-state index in [4.69, 9.17) is 10.5 Å². The van der Waals surface area contributed by atoms with E-state index in [1.807, 2.05) is 35.0 Å². The van der Waals surface area contributed by atoms with E-state index in [1.165, 1.54) is 0 Å². The van der Waals surface area contributed by atoms with Gasteiger partial charge >= 0.3 is 0 Å². The van der Waals surface area contributed by atoms with Gasteiger partial charge in [0.05, 0.1) is 19.2 Å². The summed E-state index contributed by atoms with van der Waals surface area (Å²) in [6.07, 6.45) is 1.22. The minimum absolute atomic E-state index is 0.0560. The van der Waals surface area contributed by atoms with Gasteiger partial charge in [-0.25, -0.2) is 4.68 Å². The number of nitrogens with two attached hydrogens (primary N) is 1. The smallest absolute Gasteiger partial charge is 0.253 e. The minimum atomic E-state index is -0.285. The molecule has 1 aliphatic rings. The van der Waals surface area contributed by atoms with Crippen LogP contribution < -0.4 is 10.5 Å². The lowest BCUT2D eigenvalue weighted by molar-refractivity contribution is -0.123. The Morgan fingerprint density at radius 2 is 1.86 bits per heavy atom. The Morgan fingerprint density at radius 3 is 2.52 bits per heavy atom. The van der Waals surface area contributed by atoms with Gasteiger partial charge in [-0.3, -0.25) is 9.59 Å². The highest BCUT2D eigenvalue weighted by atomic mass is 16.5. The number of benzene rings is 2. The van der Waals surface area contributed by atoms with Crippen molar-refractivity contribution in [1.29, 1.82) is 0 Å². The lowest BCUT2D eigenvalue weighted by Crippen LogP contribution is -2.41. The molecule has 2 N–H and O–H groups in total. The number of methoxy groups -OCH3 is 1. The summed E-state index contributed by atoms with van der Waals surface area (Å²) in [7, 11) is 1.64. The van der Waals surface area contributed by atoms with Crippen molar-refractivity contribution in [2.75, 3.05) is 20.2 Å². The van der Waals surface area contributed by atoms with Gasteiger partial charge in [0.25, 0.3) is 5.91 Å². The predicted octanol–water partition coefficient (Wildman–Crippen LogP) is 1.83. The van der Waals surface area contributed by atoms with Crippen LogP contribution in [0.3, 0.4) is 0 Å². The zero-order valence-electron chi connectivity index (χ0n) is 16.2. The van der Waals surface area contributed by atoms with Crippen LogP contribution in [-0.4, -0.2) is 51.9 Å². The van der Waals surface area contributed by atoms with E-state index in [0.717, 1.165) is 16.8 Å². The number of hydrogen-bond donors (Lipinski definition) is 1. The quantitative estimate of drug-likeness (QED) is 0.712. The highest BCUT2D eigenvalue weighted by Gasteiger charge is 2.26. The average Bonchev–Trinajstić information content (AvgIpc) is 3.15. The van der Waals surface area contributed by atoms with Crippen LogP contribution in [0.15, 0.2) is 42.5 Å². The van der Waals surface area contributed by atoms with Crippen molar-refractivity contribution in [2.24, 2.45) is 11.7 Å². The van der Waals surface area contributed by atoms with Crippen LogP contribution in [0.5, 0.6) is 5.75 Å². The molecular weight excluding hydrogens is 370 g/mol. The van der Waals surface area contributed by atoms with Crippen molar-refractivity contribution < 1.29 is 14.3 Å². The molecule has 8 heteroatoms. The number of aromatic nitrogens is 3. The Morgan fingerprint density at radius 1 is 1.14 bits per heavy atom. The molecule has 0 atom stereocenters. The van der Waals surface area contributed by atoms with E-state index in [2.05, 4.69) is 10.3 Å². The minimum Gasteiger partial charge on any atom is -0.497 e. The number of rotatable bonds is 5. The molecule has 0 spiro atoms. The first-order valence-electron chi connectivity index (χ1n) is 9.60. The second-order valence-electron chi connectivity index (χ2n) is 7.27. The third kappa shape index (κ3) is 3.91. The van der Waals surface area contributed by atoms with Gasteiger partial charge in [-0.15, -0.1) is 5.10 Å². The van der Waals surface area contributed by atoms with E-state index in [9.17, 15) is 9.59 Å². The first kappa shape index (κ1) is 18.9. The molecule has 1 aromatic heterocycles. The molecule has 0 aliphatic carbocycles. The van der Waals surface area contributed by atoms with Crippen molar-refractivity contribution in [3.8, 4) is 5.75 Å². The highest BCUT2D eigenvalue weighted by Crippen LogP contribution is 2.21. The summed E-state index contributed by atoms with van der Waals surface area (Å²) in [4.78, 5) is 25.9. The number of amides is 2. The highest BCUT2D eigenvalue weighted by molar-refractivity contribution is 5.97. The Kier molecular flexibility index (Phi) is 5.16. The van der Waals surface area contributed by atoms with Crippen molar-refractivity contribution in [1.82, 2.24) is 19.9 Å². The second-order valence-corrected chi connectivity index (χ2v) is 7.27. The number of hydrogen-bond acceptors (Lipinski definition) is 5. The number of fused-ring (bicyclic) bond motifs is 1. The summed E-state index contributed by atoms with van der Waals surface area (Å²) in [5, 5.41) is 8.46. The molecule has 4 rings (SSSR count). The Balaban J connectivity index is 1.49. The van der Waals surface area contributed by atoms with Crippen LogP contribution >= 0.6 is 0 Å². The van der Waals surface area contributed by atoms with Crippen molar-refractivity contribution >= 4 is 22.8 Å². The summed E-state index contributed by atoms with van der Waals surface area (Å²) >= 11 is 0. The van der Waals surface area contributed by atoms with Gasteiger partial charge in [0, 0.05) is 24.6 Å². The normalized spacial score (nSPS) is 14.9. The zero-order chi connectivity index (χ0) is 20.4. The molecule has 3 aromatic rings. The molecule has 0 saturated carbocycles. The lowest BCUT2D eigenvalue weighted by Gasteiger charge is -2.30. The fourth-order valence-corrected chi connectivity index (χ4v) is 3.68. The van der Waals surface area contributed by atoms with E-state index in [0.29, 0.717) is 43.6 Å². The van der Waals surface area contributed by atoms with Gasteiger partial charge in [-0.05, 0) is 48.7 Å². The maximum atomic E-state index is 12.8. The molecule has 0 bridgehead atoms. The molecule has 1 saturated heterocycles.